The number of hydrogen-bond acceptors (Lipinski definition) is 6. The van der Waals surface area contributed by atoms with Gasteiger partial charge in [0.1, 0.15) is 29.4 Å². The maximum atomic E-state index is 12.1. The van der Waals surface area contributed by atoms with Crippen LogP contribution in [0.3, 0.4) is 0 Å². The molecule has 2 aromatic heterocycles. The van der Waals surface area contributed by atoms with Crippen molar-refractivity contribution in [2.45, 2.75) is 24.8 Å². The first-order valence-corrected chi connectivity index (χ1v) is 7.45. The van der Waals surface area contributed by atoms with Crippen LogP contribution in [0.25, 0.3) is 0 Å². The van der Waals surface area contributed by atoms with Crippen molar-refractivity contribution < 1.29 is 17.9 Å². The highest BCUT2D eigenvalue weighted by molar-refractivity contribution is 7.89. The number of hydrogen-bond donors (Lipinski definition) is 2. The third-order valence-corrected chi connectivity index (χ3v) is 4.22. The Hall–Kier alpha value is -1.71. The molecule has 9 heteroatoms. The van der Waals surface area contributed by atoms with Crippen LogP contribution in [-0.2, 0) is 30.1 Å². The van der Waals surface area contributed by atoms with E-state index in [4.69, 9.17) is 9.52 Å². The molecule has 0 unspecified atom stereocenters. The van der Waals surface area contributed by atoms with Gasteiger partial charge < -0.3 is 9.52 Å². The van der Waals surface area contributed by atoms with Crippen LogP contribution in [0.15, 0.2) is 21.7 Å². The summed E-state index contributed by atoms with van der Waals surface area (Å²) in [4.78, 5) is 4.05. The van der Waals surface area contributed by atoms with Crippen molar-refractivity contribution in [2.24, 2.45) is 7.05 Å². The highest BCUT2D eigenvalue weighted by Gasteiger charge is 2.20. The van der Waals surface area contributed by atoms with Gasteiger partial charge >= 0.3 is 0 Å². The number of furan rings is 1. The molecule has 2 heterocycles. The molecule has 0 atom stereocenters. The summed E-state index contributed by atoms with van der Waals surface area (Å²) in [5.74, 6) is 1.03. The molecule has 0 saturated heterocycles. The Bertz CT molecular complexity index is 689. The van der Waals surface area contributed by atoms with Crippen molar-refractivity contribution >= 4 is 10.0 Å². The zero-order chi connectivity index (χ0) is 14.8. The van der Waals surface area contributed by atoms with E-state index in [9.17, 15) is 8.42 Å². The topological polar surface area (TPSA) is 110 Å². The lowest BCUT2D eigenvalue weighted by molar-refractivity contribution is 0.244. The smallest absolute Gasteiger partial charge is 0.244 e. The minimum absolute atomic E-state index is 0.0375. The van der Waals surface area contributed by atoms with E-state index in [0.29, 0.717) is 12.2 Å². The Labute approximate surface area is 116 Å². The van der Waals surface area contributed by atoms with Gasteiger partial charge in [-0.3, -0.25) is 4.68 Å². The number of nitrogens with zero attached hydrogens (tertiary/aromatic N) is 3. The second-order valence-electron chi connectivity index (χ2n) is 4.27. The molecule has 0 aliphatic heterocycles. The normalized spacial score (nSPS) is 11.9. The van der Waals surface area contributed by atoms with Gasteiger partial charge in [0, 0.05) is 26.1 Å². The molecule has 0 radical (unpaired) electrons. The number of aryl methyl sites for hydroxylation is 2. The molecular weight excluding hydrogens is 284 g/mol. The van der Waals surface area contributed by atoms with Gasteiger partial charge in [0.15, 0.2) is 5.82 Å². The molecule has 0 bridgehead atoms. The zero-order valence-corrected chi connectivity index (χ0v) is 12.0. The fraction of sp³-hybridized carbons (Fsp3) is 0.455. The number of aromatic nitrogens is 3. The summed E-state index contributed by atoms with van der Waals surface area (Å²) in [5, 5.41) is 13.0. The highest BCUT2D eigenvalue weighted by Crippen LogP contribution is 2.19. The van der Waals surface area contributed by atoms with Gasteiger partial charge in [-0.15, -0.1) is 0 Å². The molecular formula is C11H16N4O4S. The molecule has 20 heavy (non-hydrogen) atoms. The van der Waals surface area contributed by atoms with Gasteiger partial charge in [-0.2, -0.15) is 5.10 Å². The molecule has 0 spiro atoms. The lowest BCUT2D eigenvalue weighted by Gasteiger charge is -2.03. The number of nitrogens with one attached hydrogen (secondary N) is 1. The van der Waals surface area contributed by atoms with E-state index in [-0.39, 0.29) is 29.6 Å². The first-order chi connectivity index (χ1) is 9.42. The van der Waals surface area contributed by atoms with Gasteiger partial charge in [-0.1, -0.05) is 0 Å². The average molecular weight is 300 g/mol. The summed E-state index contributed by atoms with van der Waals surface area (Å²) >= 11 is 0. The Morgan fingerprint density at radius 3 is 2.80 bits per heavy atom. The summed E-state index contributed by atoms with van der Waals surface area (Å²) in [6, 6.07) is 1.32. The van der Waals surface area contributed by atoms with Crippen molar-refractivity contribution in [3.63, 3.8) is 0 Å². The standard InChI is InChI=1S/C11H16N4O4S/c1-8-10(5-9(6-16)19-8)20(17,18)13-4-3-11-12-7-15(2)14-11/h5,7,13,16H,3-4,6H2,1-2H3. The molecule has 0 aliphatic rings. The quantitative estimate of drug-likeness (QED) is 0.760. The Morgan fingerprint density at radius 2 is 2.25 bits per heavy atom. The van der Waals surface area contributed by atoms with Crippen LogP contribution in [0.2, 0.25) is 0 Å². The van der Waals surface area contributed by atoms with E-state index in [1.165, 1.54) is 13.0 Å². The van der Waals surface area contributed by atoms with Crippen molar-refractivity contribution in [1.29, 1.82) is 0 Å². The fourth-order valence-electron chi connectivity index (χ4n) is 1.74. The molecule has 0 aliphatic carbocycles. The zero-order valence-electron chi connectivity index (χ0n) is 11.2. The molecule has 8 nitrogen and oxygen atoms in total. The first-order valence-electron chi connectivity index (χ1n) is 5.96. The summed E-state index contributed by atoms with van der Waals surface area (Å²) in [6.07, 6.45) is 1.95. The van der Waals surface area contributed by atoms with E-state index < -0.39 is 10.0 Å². The fourth-order valence-corrected chi connectivity index (χ4v) is 2.98. The monoisotopic (exact) mass is 300 g/mol. The minimum Gasteiger partial charge on any atom is -0.462 e. The van der Waals surface area contributed by atoms with E-state index >= 15 is 0 Å². The SMILES string of the molecule is Cc1oc(CO)cc1S(=O)(=O)NCCc1ncn(C)n1. The van der Waals surface area contributed by atoms with E-state index in [0.717, 1.165) is 0 Å². The van der Waals surface area contributed by atoms with E-state index in [1.54, 1.807) is 18.1 Å². The van der Waals surface area contributed by atoms with Gasteiger partial charge in [-0.05, 0) is 6.92 Å². The molecule has 2 N–H and O–H groups in total. The summed E-state index contributed by atoms with van der Waals surface area (Å²) < 4.78 is 33.3. The molecule has 2 aromatic rings. The van der Waals surface area contributed by atoms with Crippen molar-refractivity contribution in [1.82, 2.24) is 19.5 Å². The number of aliphatic hydroxyl groups excluding tert-OH is 1. The van der Waals surface area contributed by atoms with Crippen molar-refractivity contribution in [2.75, 3.05) is 6.54 Å². The molecule has 0 saturated carbocycles. The molecule has 0 amide bonds. The van der Waals surface area contributed by atoms with Crippen LogP contribution >= 0.6 is 0 Å². The Kier molecular flexibility index (Phi) is 4.21. The maximum absolute atomic E-state index is 12.1. The van der Waals surface area contributed by atoms with Crippen LogP contribution < -0.4 is 4.72 Å². The summed E-state index contributed by atoms with van der Waals surface area (Å²) in [5.41, 5.74) is 0. The van der Waals surface area contributed by atoms with E-state index in [2.05, 4.69) is 14.8 Å². The van der Waals surface area contributed by atoms with Crippen LogP contribution in [0.4, 0.5) is 0 Å². The molecule has 110 valence electrons. The maximum Gasteiger partial charge on any atom is 0.244 e. The molecule has 0 fully saturated rings. The lowest BCUT2D eigenvalue weighted by Crippen LogP contribution is -2.26. The van der Waals surface area contributed by atoms with Crippen LogP contribution in [0.1, 0.15) is 17.3 Å². The summed E-state index contributed by atoms with van der Waals surface area (Å²) in [7, 11) is -1.92. The number of aliphatic hydroxyl groups is 1. The Morgan fingerprint density at radius 1 is 1.50 bits per heavy atom. The van der Waals surface area contributed by atoms with Gasteiger partial charge in [0.2, 0.25) is 10.0 Å². The second kappa shape index (κ2) is 5.73. The van der Waals surface area contributed by atoms with Crippen LogP contribution in [0.5, 0.6) is 0 Å². The third-order valence-electron chi connectivity index (χ3n) is 2.66. The van der Waals surface area contributed by atoms with Crippen molar-refractivity contribution in [3.8, 4) is 0 Å². The lowest BCUT2D eigenvalue weighted by atomic mass is 10.4. The Balaban J connectivity index is 2.01. The van der Waals surface area contributed by atoms with Gasteiger partial charge in [0.25, 0.3) is 0 Å². The van der Waals surface area contributed by atoms with E-state index in [1.807, 2.05) is 0 Å². The minimum atomic E-state index is -3.66. The number of rotatable bonds is 6. The highest BCUT2D eigenvalue weighted by atomic mass is 32.2. The number of sulfonamides is 1. The molecule has 2 rings (SSSR count). The predicted molar refractivity (Wildman–Crippen MR) is 69.3 cm³/mol. The second-order valence-corrected chi connectivity index (χ2v) is 6.01. The van der Waals surface area contributed by atoms with Crippen LogP contribution in [-0.4, -0.2) is 34.8 Å². The van der Waals surface area contributed by atoms with Gasteiger partial charge in [0.05, 0.1) is 0 Å². The average Bonchev–Trinajstić information content (AvgIpc) is 2.95. The van der Waals surface area contributed by atoms with Crippen molar-refractivity contribution in [3.05, 3.63) is 29.7 Å². The predicted octanol–water partition coefficient (Wildman–Crippen LogP) is -0.270. The van der Waals surface area contributed by atoms with Crippen LogP contribution in [0, 0.1) is 6.92 Å². The summed E-state index contributed by atoms with van der Waals surface area (Å²) in [6.45, 7) is 1.38. The third kappa shape index (κ3) is 3.24. The molecule has 0 aromatic carbocycles. The largest absolute Gasteiger partial charge is 0.462 e. The van der Waals surface area contributed by atoms with Gasteiger partial charge in [-0.25, -0.2) is 18.1 Å². The first kappa shape index (κ1) is 14.7.